The van der Waals surface area contributed by atoms with E-state index in [1.54, 1.807) is 7.11 Å². The Balaban J connectivity index is 1.02. The molecule has 0 spiro atoms. The summed E-state index contributed by atoms with van der Waals surface area (Å²) in [5.74, 6) is -0.228. The lowest BCUT2D eigenvalue weighted by molar-refractivity contribution is -0.147. The molecule has 276 valence electrons. The number of fused-ring (bicyclic) bond motifs is 2. The molecule has 3 aromatic carbocycles. The first kappa shape index (κ1) is 35.6. The van der Waals surface area contributed by atoms with Crippen LogP contribution in [0.25, 0.3) is 33.3 Å². The van der Waals surface area contributed by atoms with E-state index in [1.165, 1.54) is 5.56 Å². The molecule has 1 aliphatic carbocycles. The number of aromatic amines is 1. The van der Waals surface area contributed by atoms with Gasteiger partial charge in [-0.1, -0.05) is 48.0 Å². The summed E-state index contributed by atoms with van der Waals surface area (Å²) in [5.41, 5.74) is 10.9. The number of nitriles is 1. The minimum atomic E-state index is -0.760. The number of rotatable bonds is 12. The molecule has 4 N–H and O–H groups in total. The predicted molar refractivity (Wildman–Crippen MR) is 205 cm³/mol. The minimum absolute atomic E-state index is 0.0881. The van der Waals surface area contributed by atoms with Gasteiger partial charge in [-0.2, -0.15) is 10.2 Å². The first-order valence-electron chi connectivity index (χ1n) is 18.3. The fourth-order valence-electron chi connectivity index (χ4n) is 8.18. The summed E-state index contributed by atoms with van der Waals surface area (Å²) in [6.07, 6.45) is 2.76. The van der Waals surface area contributed by atoms with E-state index in [9.17, 15) is 20.0 Å². The second kappa shape index (κ2) is 14.8. The second-order valence-electron chi connectivity index (χ2n) is 14.5. The van der Waals surface area contributed by atoms with Crippen LogP contribution in [0.15, 0.2) is 60.7 Å². The van der Waals surface area contributed by atoms with E-state index in [1.807, 2.05) is 12.1 Å². The van der Waals surface area contributed by atoms with E-state index in [0.29, 0.717) is 61.5 Å². The Morgan fingerprint density at radius 3 is 2.63 bits per heavy atom. The first-order valence-corrected chi connectivity index (χ1v) is 18.7. The van der Waals surface area contributed by atoms with Crippen LogP contribution in [0.2, 0.25) is 5.02 Å². The highest BCUT2D eigenvalue weighted by atomic mass is 35.5. The average Bonchev–Trinajstić information content (AvgIpc) is 3.88. The van der Waals surface area contributed by atoms with Gasteiger partial charge in [0.2, 0.25) is 17.7 Å². The number of aliphatic carboxylic acids is 1. The van der Waals surface area contributed by atoms with Crippen LogP contribution in [-0.2, 0) is 29.1 Å². The standard InChI is InChI=1S/C42H41ClN6O5/c1-23-30(5-3-6-31(23)36-16-25-13-24(14-26(17-44)39(25)47-36)20-49-21-28(22-49)42(51)52)32-7-4-8-34-33(32)10-11-37(34)54-41-35(43)15-27(40(48-41)53-2)18-45-19-29-9-12-38(50)46-29/h3-8,13-16,28-29,37,45,47H,9-12,18-22H2,1-2H3,(H,46,50)(H,51,52)/t29-,37-/m0/s1. The van der Waals surface area contributed by atoms with E-state index >= 15 is 0 Å². The third kappa shape index (κ3) is 6.89. The summed E-state index contributed by atoms with van der Waals surface area (Å²) in [6, 6.07) is 23.1. The number of pyridine rings is 1. The number of amides is 1. The lowest BCUT2D eigenvalue weighted by atomic mass is 9.91. The molecule has 3 aliphatic rings. The Morgan fingerprint density at radius 2 is 1.87 bits per heavy atom. The van der Waals surface area contributed by atoms with Crippen molar-refractivity contribution in [3.63, 3.8) is 0 Å². The summed E-state index contributed by atoms with van der Waals surface area (Å²) in [7, 11) is 1.58. The van der Waals surface area contributed by atoms with Crippen molar-refractivity contribution >= 4 is 34.4 Å². The van der Waals surface area contributed by atoms with Gasteiger partial charge in [-0.05, 0) is 83.8 Å². The van der Waals surface area contributed by atoms with Crippen LogP contribution in [0, 0.1) is 24.2 Å². The number of carbonyl (C=O) groups is 2. The van der Waals surface area contributed by atoms with Crippen molar-refractivity contribution in [1.82, 2.24) is 25.5 Å². The van der Waals surface area contributed by atoms with Gasteiger partial charge in [0, 0.05) is 67.4 Å². The molecule has 12 heteroatoms. The number of hydrogen-bond acceptors (Lipinski definition) is 8. The van der Waals surface area contributed by atoms with E-state index < -0.39 is 5.97 Å². The Kier molecular flexibility index (Phi) is 9.75. The quantitative estimate of drug-likeness (QED) is 0.110. The molecular formula is C42H41ClN6O5. The van der Waals surface area contributed by atoms with Crippen molar-refractivity contribution in [3.8, 4) is 40.2 Å². The van der Waals surface area contributed by atoms with Gasteiger partial charge in [-0.25, -0.2) is 0 Å². The van der Waals surface area contributed by atoms with Gasteiger partial charge < -0.3 is 30.2 Å². The maximum absolute atomic E-state index is 11.5. The Hall–Kier alpha value is -5.41. The average molecular weight is 745 g/mol. The molecule has 0 unspecified atom stereocenters. The minimum Gasteiger partial charge on any atom is -0.481 e. The van der Waals surface area contributed by atoms with E-state index in [2.05, 4.69) is 87.0 Å². The van der Waals surface area contributed by atoms with Gasteiger partial charge in [0.15, 0.2) is 0 Å². The number of likely N-dealkylation sites (tertiary alicyclic amines) is 1. The summed E-state index contributed by atoms with van der Waals surface area (Å²) >= 11 is 6.75. The number of ether oxygens (including phenoxy) is 2. The second-order valence-corrected chi connectivity index (χ2v) is 14.9. The van der Waals surface area contributed by atoms with Crippen LogP contribution in [0.1, 0.15) is 58.7 Å². The van der Waals surface area contributed by atoms with E-state index in [-0.39, 0.29) is 24.0 Å². The van der Waals surface area contributed by atoms with Gasteiger partial charge in [0.05, 0.1) is 24.1 Å². The summed E-state index contributed by atoms with van der Waals surface area (Å²) in [6.45, 7) is 4.92. The number of carboxylic acid groups (broad SMARTS) is 1. The van der Waals surface area contributed by atoms with Gasteiger partial charge in [0.1, 0.15) is 17.2 Å². The van der Waals surface area contributed by atoms with Crippen molar-refractivity contribution < 1.29 is 24.2 Å². The number of benzene rings is 3. The highest BCUT2D eigenvalue weighted by Crippen LogP contribution is 2.43. The van der Waals surface area contributed by atoms with Crippen LogP contribution in [-0.4, -0.2) is 64.6 Å². The number of nitrogens with one attached hydrogen (secondary N) is 3. The van der Waals surface area contributed by atoms with Crippen LogP contribution >= 0.6 is 11.6 Å². The van der Waals surface area contributed by atoms with Crippen LogP contribution in [0.3, 0.4) is 0 Å². The molecular weight excluding hydrogens is 704 g/mol. The number of carbonyl (C=O) groups excluding carboxylic acids is 1. The van der Waals surface area contributed by atoms with Crippen LogP contribution in [0.5, 0.6) is 11.8 Å². The molecule has 2 atom stereocenters. The number of halogens is 1. The molecule has 0 radical (unpaired) electrons. The molecule has 11 nitrogen and oxygen atoms in total. The summed E-state index contributed by atoms with van der Waals surface area (Å²) in [4.78, 5) is 33.1. The highest BCUT2D eigenvalue weighted by molar-refractivity contribution is 6.31. The maximum Gasteiger partial charge on any atom is 0.309 e. The van der Waals surface area contributed by atoms with Crippen LogP contribution in [0.4, 0.5) is 0 Å². The third-order valence-electron chi connectivity index (χ3n) is 11.0. The zero-order valence-electron chi connectivity index (χ0n) is 30.2. The number of aromatic nitrogens is 2. The molecule has 1 amide bonds. The van der Waals surface area contributed by atoms with Crippen molar-refractivity contribution in [2.45, 2.75) is 57.8 Å². The van der Waals surface area contributed by atoms with Crippen molar-refractivity contribution in [1.29, 1.82) is 5.26 Å². The van der Waals surface area contributed by atoms with Crippen molar-refractivity contribution in [2.24, 2.45) is 5.92 Å². The fraction of sp³-hybridized carbons (Fsp3) is 0.333. The highest BCUT2D eigenvalue weighted by Gasteiger charge is 2.33. The number of H-pyrrole nitrogens is 1. The number of hydrogen-bond donors (Lipinski definition) is 4. The zero-order chi connectivity index (χ0) is 37.5. The monoisotopic (exact) mass is 744 g/mol. The van der Waals surface area contributed by atoms with E-state index in [4.69, 9.17) is 21.1 Å². The molecule has 4 heterocycles. The van der Waals surface area contributed by atoms with Gasteiger partial charge in [-0.3, -0.25) is 14.5 Å². The molecule has 0 saturated carbocycles. The number of methoxy groups -OCH3 is 1. The number of nitrogens with zero attached hydrogens (tertiary/aromatic N) is 3. The predicted octanol–water partition coefficient (Wildman–Crippen LogP) is 6.69. The van der Waals surface area contributed by atoms with Gasteiger partial charge >= 0.3 is 5.97 Å². The molecule has 2 saturated heterocycles. The smallest absolute Gasteiger partial charge is 0.309 e. The molecule has 0 bridgehead atoms. The van der Waals surface area contributed by atoms with Gasteiger partial charge in [0.25, 0.3) is 0 Å². The Labute approximate surface area is 318 Å². The zero-order valence-corrected chi connectivity index (χ0v) is 30.9. The normalized spacial score (nSPS) is 18.3. The summed E-state index contributed by atoms with van der Waals surface area (Å²) in [5, 5.41) is 27.0. The van der Waals surface area contributed by atoms with Crippen LogP contribution < -0.4 is 20.1 Å². The lowest BCUT2D eigenvalue weighted by Gasteiger charge is -2.36. The largest absolute Gasteiger partial charge is 0.481 e. The number of carboxylic acids is 1. The fourth-order valence-corrected chi connectivity index (χ4v) is 8.40. The third-order valence-corrected chi connectivity index (χ3v) is 11.2. The topological polar surface area (TPSA) is 153 Å². The van der Waals surface area contributed by atoms with Crippen molar-refractivity contribution in [2.75, 3.05) is 26.7 Å². The Bertz CT molecular complexity index is 2330. The lowest BCUT2D eigenvalue weighted by Crippen LogP contribution is -2.49. The maximum atomic E-state index is 11.5. The SMILES string of the molecule is COc1nc(O[C@H]2CCc3c(-c4cccc(-c5cc6cc(CN7CC(C(=O)O)C7)cc(C#N)c6[nH]5)c4C)cccc32)c(Cl)cc1CNC[C@@H]1CCC(=O)N1. The molecule has 54 heavy (non-hydrogen) atoms. The molecule has 2 fully saturated rings. The van der Waals surface area contributed by atoms with Gasteiger partial charge in [-0.15, -0.1) is 0 Å². The Morgan fingerprint density at radius 1 is 1.07 bits per heavy atom. The first-order chi connectivity index (χ1) is 26.2. The van der Waals surface area contributed by atoms with E-state index in [0.717, 1.165) is 74.8 Å². The molecule has 2 aromatic heterocycles. The molecule has 5 aromatic rings. The molecule has 2 aliphatic heterocycles. The van der Waals surface area contributed by atoms with Crippen molar-refractivity contribution in [3.05, 3.63) is 99.1 Å². The molecule has 8 rings (SSSR count). The summed E-state index contributed by atoms with van der Waals surface area (Å²) < 4.78 is 12.1.